The molecule has 0 unspecified atom stereocenters. The van der Waals surface area contributed by atoms with Crippen LogP contribution in [0.2, 0.25) is 0 Å². The Balaban J connectivity index is 1.96. The van der Waals surface area contributed by atoms with Gasteiger partial charge < -0.3 is 24.6 Å². The summed E-state index contributed by atoms with van der Waals surface area (Å²) in [6.45, 7) is -0.284. The minimum Gasteiger partial charge on any atom is -0.507 e. The summed E-state index contributed by atoms with van der Waals surface area (Å²) in [5.41, 5.74) is 0.798. The normalized spacial score (nSPS) is 14.6. The molecule has 9 heteroatoms. The van der Waals surface area contributed by atoms with Crippen molar-refractivity contribution in [1.82, 2.24) is 4.57 Å². The molecule has 0 atom stereocenters. The van der Waals surface area contributed by atoms with Crippen molar-refractivity contribution in [1.29, 1.82) is 0 Å². The van der Waals surface area contributed by atoms with Gasteiger partial charge in [-0.2, -0.15) is 0 Å². The molecular weight excluding hydrogens is 475 g/mol. The molecule has 1 fully saturated rings. The van der Waals surface area contributed by atoms with E-state index in [9.17, 15) is 33.3 Å². The molecule has 0 aliphatic heterocycles. The number of aromatic hydroxyl groups is 1. The smallest absolute Gasteiger partial charge is 0.339 e. The zero-order chi connectivity index (χ0) is 25.8. The molecule has 1 heterocycles. The molecule has 3 aromatic carbocycles. The predicted octanol–water partition coefficient (Wildman–Crippen LogP) is 5.54. The Labute approximate surface area is 203 Å². The first-order valence-corrected chi connectivity index (χ1v) is 11.3. The molecule has 1 aromatic heterocycles. The number of phenolic OH excluding ortho intramolecular Hbond substituents is 1. The second-order valence-corrected chi connectivity index (χ2v) is 8.99. The highest BCUT2D eigenvalue weighted by Gasteiger charge is 2.44. The monoisotopic (exact) mass is 497 g/mol. The summed E-state index contributed by atoms with van der Waals surface area (Å²) in [5.74, 6) is -4.44. The highest BCUT2D eigenvalue weighted by atomic mass is 19.2. The Morgan fingerprint density at radius 3 is 2.39 bits per heavy atom. The lowest BCUT2D eigenvalue weighted by molar-refractivity contribution is 0.0693. The topological polar surface area (TPSA) is 91.9 Å². The SMILES string of the molecule is COc1cc(-c2c(C3(CO)CCC3)n(-c3ccc(F)c(F)c3)c3cc(F)cc(O)c23)ccc1C(=O)O. The molecule has 6 nitrogen and oxygen atoms in total. The first kappa shape index (κ1) is 23.7. The number of methoxy groups -OCH3 is 1. The zero-order valence-corrected chi connectivity index (χ0v) is 19.2. The average Bonchev–Trinajstić information content (AvgIpc) is 3.15. The molecule has 0 amide bonds. The highest BCUT2D eigenvalue weighted by Crippen LogP contribution is 2.53. The van der Waals surface area contributed by atoms with E-state index in [-0.39, 0.29) is 34.5 Å². The Hall–Kier alpha value is -3.98. The van der Waals surface area contributed by atoms with Gasteiger partial charge in [0, 0.05) is 34.5 Å². The van der Waals surface area contributed by atoms with Gasteiger partial charge in [-0.05, 0) is 48.7 Å². The number of benzene rings is 3. The standard InChI is InChI=1S/C27H22F3NO5/c1-36-22-9-14(3-5-17(22)26(34)35)23-24-20(10-15(28)11-21(24)33)31(16-4-6-18(29)19(30)12-16)25(23)27(13-32)7-2-8-27/h3-6,9-12,32-33H,2,7-8,13H2,1H3,(H,34,35). The fourth-order valence-electron chi connectivity index (χ4n) is 5.13. The highest BCUT2D eigenvalue weighted by molar-refractivity contribution is 6.04. The largest absolute Gasteiger partial charge is 0.507 e. The molecule has 5 rings (SSSR count). The minimum atomic E-state index is -1.20. The van der Waals surface area contributed by atoms with Crippen molar-refractivity contribution in [2.24, 2.45) is 0 Å². The third kappa shape index (κ3) is 3.50. The molecule has 0 saturated heterocycles. The van der Waals surface area contributed by atoms with Gasteiger partial charge in [-0.15, -0.1) is 0 Å². The maximum atomic E-state index is 14.6. The van der Waals surface area contributed by atoms with Crippen LogP contribution in [0.1, 0.15) is 35.3 Å². The van der Waals surface area contributed by atoms with Gasteiger partial charge >= 0.3 is 5.97 Å². The molecule has 1 saturated carbocycles. The number of hydrogen-bond acceptors (Lipinski definition) is 4. The quantitative estimate of drug-likeness (QED) is 0.325. The molecule has 0 radical (unpaired) electrons. The lowest BCUT2D eigenvalue weighted by Crippen LogP contribution is -2.40. The molecule has 0 spiro atoms. The maximum absolute atomic E-state index is 14.6. The number of nitrogens with zero attached hydrogens (tertiary/aromatic N) is 1. The summed E-state index contributed by atoms with van der Waals surface area (Å²) in [7, 11) is 1.32. The number of rotatable bonds is 6. The Kier molecular flexibility index (Phi) is 5.67. The summed E-state index contributed by atoms with van der Waals surface area (Å²) in [4.78, 5) is 11.6. The lowest BCUT2D eigenvalue weighted by Gasteiger charge is -2.42. The van der Waals surface area contributed by atoms with E-state index in [4.69, 9.17) is 4.74 Å². The number of fused-ring (bicyclic) bond motifs is 1. The van der Waals surface area contributed by atoms with E-state index in [1.165, 1.54) is 42.0 Å². The number of carboxylic acid groups (broad SMARTS) is 1. The van der Waals surface area contributed by atoms with E-state index in [0.29, 0.717) is 29.7 Å². The van der Waals surface area contributed by atoms with Crippen molar-refractivity contribution < 1.29 is 38.0 Å². The molecule has 36 heavy (non-hydrogen) atoms. The number of aromatic carboxylic acids is 1. The van der Waals surface area contributed by atoms with Crippen molar-refractivity contribution in [3.8, 4) is 28.3 Å². The van der Waals surface area contributed by atoms with E-state index in [1.807, 2.05) is 0 Å². The Bertz CT molecular complexity index is 1520. The molecule has 4 aromatic rings. The van der Waals surface area contributed by atoms with Crippen molar-refractivity contribution in [3.05, 3.63) is 77.2 Å². The van der Waals surface area contributed by atoms with Gasteiger partial charge in [0.05, 0.1) is 24.6 Å². The summed E-state index contributed by atoms with van der Waals surface area (Å²) in [5, 5.41) is 31.1. The third-order valence-electron chi connectivity index (χ3n) is 7.01. The first-order valence-electron chi connectivity index (χ1n) is 11.3. The van der Waals surface area contributed by atoms with Crippen LogP contribution >= 0.6 is 0 Å². The van der Waals surface area contributed by atoms with E-state index >= 15 is 0 Å². The van der Waals surface area contributed by atoms with Crippen molar-refractivity contribution in [2.75, 3.05) is 13.7 Å². The summed E-state index contributed by atoms with van der Waals surface area (Å²) >= 11 is 0. The number of ether oxygens (including phenoxy) is 1. The molecule has 1 aliphatic rings. The second kappa shape index (κ2) is 8.60. The van der Waals surface area contributed by atoms with Gasteiger partial charge in [-0.3, -0.25) is 0 Å². The van der Waals surface area contributed by atoms with Crippen LogP contribution in [0, 0.1) is 17.5 Å². The van der Waals surface area contributed by atoms with Crippen LogP contribution < -0.4 is 4.74 Å². The average molecular weight is 497 g/mol. The van der Waals surface area contributed by atoms with Gasteiger partial charge in [0.15, 0.2) is 11.6 Å². The van der Waals surface area contributed by atoms with Crippen LogP contribution in [0.4, 0.5) is 13.2 Å². The molecule has 3 N–H and O–H groups in total. The van der Waals surface area contributed by atoms with E-state index < -0.39 is 34.6 Å². The van der Waals surface area contributed by atoms with Crippen LogP contribution in [-0.2, 0) is 5.41 Å². The first-order chi connectivity index (χ1) is 17.2. The van der Waals surface area contributed by atoms with Gasteiger partial charge in [0.25, 0.3) is 0 Å². The Morgan fingerprint density at radius 1 is 1.06 bits per heavy atom. The number of phenols is 1. The van der Waals surface area contributed by atoms with Crippen molar-refractivity contribution in [2.45, 2.75) is 24.7 Å². The Morgan fingerprint density at radius 2 is 1.81 bits per heavy atom. The van der Waals surface area contributed by atoms with Gasteiger partial charge in [0.2, 0.25) is 0 Å². The predicted molar refractivity (Wildman–Crippen MR) is 126 cm³/mol. The van der Waals surface area contributed by atoms with Gasteiger partial charge in [-0.1, -0.05) is 12.5 Å². The number of halogens is 3. The molecular formula is C27H22F3NO5. The van der Waals surface area contributed by atoms with Crippen LogP contribution in [0.5, 0.6) is 11.5 Å². The molecule has 186 valence electrons. The number of aromatic nitrogens is 1. The molecule has 1 aliphatic carbocycles. The fourth-order valence-corrected chi connectivity index (χ4v) is 5.13. The van der Waals surface area contributed by atoms with E-state index in [0.717, 1.165) is 24.6 Å². The van der Waals surface area contributed by atoms with E-state index in [1.54, 1.807) is 0 Å². The number of aliphatic hydroxyl groups excluding tert-OH is 1. The fraction of sp³-hybridized carbons (Fsp3) is 0.222. The van der Waals surface area contributed by atoms with E-state index in [2.05, 4.69) is 0 Å². The minimum absolute atomic E-state index is 0.0629. The van der Waals surface area contributed by atoms with Gasteiger partial charge in [0.1, 0.15) is 22.9 Å². The van der Waals surface area contributed by atoms with Gasteiger partial charge in [-0.25, -0.2) is 18.0 Å². The second-order valence-electron chi connectivity index (χ2n) is 8.99. The van der Waals surface area contributed by atoms with Crippen LogP contribution in [0.15, 0.2) is 48.5 Å². The maximum Gasteiger partial charge on any atom is 0.339 e. The number of aliphatic hydroxyl groups is 1. The third-order valence-corrected chi connectivity index (χ3v) is 7.01. The van der Waals surface area contributed by atoms with Crippen molar-refractivity contribution >= 4 is 16.9 Å². The zero-order valence-electron chi connectivity index (χ0n) is 19.2. The summed E-state index contributed by atoms with van der Waals surface area (Å²) < 4.78 is 49.5. The van der Waals surface area contributed by atoms with Crippen LogP contribution in [0.3, 0.4) is 0 Å². The molecule has 0 bridgehead atoms. The van der Waals surface area contributed by atoms with Crippen LogP contribution in [-0.4, -0.2) is 39.6 Å². The lowest BCUT2D eigenvalue weighted by atomic mass is 9.65. The van der Waals surface area contributed by atoms with Crippen molar-refractivity contribution in [3.63, 3.8) is 0 Å². The number of carboxylic acids is 1. The summed E-state index contributed by atoms with van der Waals surface area (Å²) in [6, 6.07) is 9.77. The summed E-state index contributed by atoms with van der Waals surface area (Å²) in [6.07, 6.45) is 1.91. The van der Waals surface area contributed by atoms with Crippen LogP contribution in [0.25, 0.3) is 27.7 Å². The number of hydrogen-bond donors (Lipinski definition) is 3. The number of carbonyl (C=O) groups is 1.